The average Bonchev–Trinajstić information content (AvgIpc) is 3.35. The molecule has 2 aromatic heterocycles. The largest absolute Gasteiger partial charge is 0.467 e. The highest BCUT2D eigenvalue weighted by molar-refractivity contribution is 7.80. The lowest BCUT2D eigenvalue weighted by molar-refractivity contribution is 0.272. The number of rotatable bonds is 7. The maximum atomic E-state index is 5.74. The summed E-state index contributed by atoms with van der Waals surface area (Å²) in [4.78, 5) is 6.73. The molecule has 0 saturated carbocycles. The van der Waals surface area contributed by atoms with E-state index in [9.17, 15) is 0 Å². The number of hydrogen-bond donors (Lipinski definition) is 2. The van der Waals surface area contributed by atoms with Crippen LogP contribution in [0.25, 0.3) is 0 Å². The first kappa shape index (κ1) is 17.5. The van der Waals surface area contributed by atoms with E-state index in [1.54, 1.807) is 6.26 Å². The molecule has 1 aliphatic rings. The van der Waals surface area contributed by atoms with Crippen LogP contribution >= 0.6 is 12.2 Å². The van der Waals surface area contributed by atoms with Crippen LogP contribution in [0.5, 0.6) is 0 Å². The second-order valence-electron chi connectivity index (χ2n) is 6.48. The second-order valence-corrected chi connectivity index (χ2v) is 6.87. The molecule has 4 rings (SSSR count). The first-order valence-electron chi connectivity index (χ1n) is 9.13. The highest BCUT2D eigenvalue weighted by atomic mass is 32.1. The van der Waals surface area contributed by atoms with Crippen LogP contribution in [0.1, 0.15) is 30.0 Å². The van der Waals surface area contributed by atoms with E-state index in [-0.39, 0.29) is 12.1 Å². The zero-order chi connectivity index (χ0) is 18.5. The third-order valence-electron chi connectivity index (χ3n) is 4.71. The lowest BCUT2D eigenvalue weighted by Gasteiger charge is -2.26. The topological polar surface area (TPSA) is 53.3 Å². The highest BCUT2D eigenvalue weighted by Crippen LogP contribution is 2.38. The second kappa shape index (κ2) is 8.22. The van der Waals surface area contributed by atoms with Crippen LogP contribution in [-0.2, 0) is 0 Å². The van der Waals surface area contributed by atoms with E-state index in [2.05, 4.69) is 32.7 Å². The summed E-state index contributed by atoms with van der Waals surface area (Å²) in [6.45, 7) is 1.71. The Morgan fingerprint density at radius 3 is 2.67 bits per heavy atom. The van der Waals surface area contributed by atoms with Crippen molar-refractivity contribution in [2.45, 2.75) is 18.5 Å². The van der Waals surface area contributed by atoms with Gasteiger partial charge in [-0.05, 0) is 55.0 Å². The molecular weight excluding hydrogens is 356 g/mol. The molecule has 3 heterocycles. The summed E-state index contributed by atoms with van der Waals surface area (Å²) >= 11 is 5.64. The molecule has 6 heteroatoms. The molecule has 3 aromatic rings. The first-order valence-corrected chi connectivity index (χ1v) is 9.54. The molecule has 0 aliphatic carbocycles. The van der Waals surface area contributed by atoms with Crippen LogP contribution in [0.15, 0.2) is 77.5 Å². The number of hydrogen-bond acceptors (Lipinski definition) is 4. The van der Waals surface area contributed by atoms with Crippen molar-refractivity contribution >= 4 is 23.0 Å². The van der Waals surface area contributed by atoms with Crippen molar-refractivity contribution < 1.29 is 4.42 Å². The van der Waals surface area contributed by atoms with Crippen molar-refractivity contribution in [2.24, 2.45) is 0 Å². The summed E-state index contributed by atoms with van der Waals surface area (Å²) in [5, 5.41) is 7.62. The number of benzene rings is 1. The Labute approximate surface area is 164 Å². The quantitative estimate of drug-likeness (QED) is 0.476. The summed E-state index contributed by atoms with van der Waals surface area (Å²) < 4.78 is 5.74. The van der Waals surface area contributed by atoms with Crippen LogP contribution in [0.4, 0.5) is 5.69 Å². The van der Waals surface area contributed by atoms with Crippen LogP contribution in [0.3, 0.4) is 0 Å². The van der Waals surface area contributed by atoms with Crippen LogP contribution < -0.4 is 10.6 Å². The number of thiocarbonyl (C=S) groups is 1. The molecule has 1 saturated heterocycles. The van der Waals surface area contributed by atoms with Gasteiger partial charge in [-0.1, -0.05) is 24.3 Å². The highest BCUT2D eigenvalue weighted by Gasteiger charge is 2.40. The standard InChI is InChI=1S/C21H22N4OS/c27-21-24-19(17-10-4-5-12-23-17)20(18-11-6-15-26-18)25(21)14-7-13-22-16-8-2-1-3-9-16/h1-6,8-12,15,19-20,22H,7,13-14H2,(H,24,27). The lowest BCUT2D eigenvalue weighted by Crippen LogP contribution is -2.31. The fraction of sp³-hybridized carbons (Fsp3) is 0.238. The van der Waals surface area contributed by atoms with E-state index < -0.39 is 0 Å². The Balaban J connectivity index is 1.46. The molecule has 1 aliphatic heterocycles. The van der Waals surface area contributed by atoms with Gasteiger partial charge < -0.3 is 20.0 Å². The van der Waals surface area contributed by atoms with Crippen LogP contribution in [0, 0.1) is 0 Å². The minimum atomic E-state index is -0.0214. The van der Waals surface area contributed by atoms with Crippen molar-refractivity contribution in [3.8, 4) is 0 Å². The van der Waals surface area contributed by atoms with Gasteiger partial charge in [0, 0.05) is 25.0 Å². The minimum Gasteiger partial charge on any atom is -0.467 e. The van der Waals surface area contributed by atoms with Crippen LogP contribution in [-0.4, -0.2) is 28.1 Å². The van der Waals surface area contributed by atoms with E-state index >= 15 is 0 Å². The Morgan fingerprint density at radius 1 is 1.07 bits per heavy atom. The van der Waals surface area contributed by atoms with Gasteiger partial charge in [0.05, 0.1) is 18.0 Å². The molecule has 2 unspecified atom stereocenters. The summed E-state index contributed by atoms with van der Waals surface area (Å²) in [7, 11) is 0. The number of furan rings is 1. The molecule has 1 fully saturated rings. The van der Waals surface area contributed by atoms with E-state index in [1.807, 2.05) is 54.7 Å². The van der Waals surface area contributed by atoms with Crippen molar-refractivity contribution in [1.82, 2.24) is 15.2 Å². The smallest absolute Gasteiger partial charge is 0.170 e. The lowest BCUT2D eigenvalue weighted by atomic mass is 10.0. The maximum Gasteiger partial charge on any atom is 0.170 e. The molecule has 1 aromatic carbocycles. The SMILES string of the molecule is S=C1NC(c2ccccn2)C(c2ccco2)N1CCCNc1ccccc1. The molecule has 2 atom stereocenters. The molecule has 138 valence electrons. The van der Waals surface area contributed by atoms with E-state index in [0.717, 1.165) is 41.8 Å². The number of anilines is 1. The van der Waals surface area contributed by atoms with Gasteiger partial charge in [-0.15, -0.1) is 0 Å². The Hall–Kier alpha value is -2.86. The number of nitrogens with one attached hydrogen (secondary N) is 2. The predicted octanol–water partition coefficient (Wildman–Crippen LogP) is 4.15. The molecule has 0 spiro atoms. The fourth-order valence-electron chi connectivity index (χ4n) is 3.45. The van der Waals surface area contributed by atoms with Gasteiger partial charge >= 0.3 is 0 Å². The van der Waals surface area contributed by atoms with Gasteiger partial charge in [0.1, 0.15) is 11.8 Å². The van der Waals surface area contributed by atoms with Crippen molar-refractivity contribution in [1.29, 1.82) is 0 Å². The molecule has 0 amide bonds. The molecule has 0 radical (unpaired) electrons. The molecule has 0 bridgehead atoms. The van der Waals surface area contributed by atoms with Gasteiger partial charge in [0.15, 0.2) is 5.11 Å². The number of pyridine rings is 1. The molecule has 27 heavy (non-hydrogen) atoms. The van der Waals surface area contributed by atoms with E-state index in [4.69, 9.17) is 16.6 Å². The Kier molecular flexibility index (Phi) is 5.34. The van der Waals surface area contributed by atoms with Crippen molar-refractivity contribution in [3.63, 3.8) is 0 Å². The first-order chi connectivity index (χ1) is 13.3. The average molecular weight is 379 g/mol. The van der Waals surface area contributed by atoms with Gasteiger partial charge in [-0.2, -0.15) is 0 Å². The minimum absolute atomic E-state index is 0.000810. The third-order valence-corrected chi connectivity index (χ3v) is 5.06. The normalized spacial score (nSPS) is 19.1. The van der Waals surface area contributed by atoms with Gasteiger partial charge in [-0.3, -0.25) is 4.98 Å². The van der Waals surface area contributed by atoms with Crippen LogP contribution in [0.2, 0.25) is 0 Å². The molecular formula is C21H22N4OS. The third kappa shape index (κ3) is 3.95. The zero-order valence-electron chi connectivity index (χ0n) is 14.9. The summed E-state index contributed by atoms with van der Waals surface area (Å²) in [6.07, 6.45) is 4.48. The molecule has 5 nitrogen and oxygen atoms in total. The Morgan fingerprint density at radius 2 is 1.93 bits per heavy atom. The van der Waals surface area contributed by atoms with E-state index in [1.165, 1.54) is 0 Å². The van der Waals surface area contributed by atoms with Gasteiger partial charge in [0.25, 0.3) is 0 Å². The Bertz CT molecular complexity index is 854. The number of para-hydroxylation sites is 1. The summed E-state index contributed by atoms with van der Waals surface area (Å²) in [6, 6.07) is 20.1. The summed E-state index contributed by atoms with van der Waals surface area (Å²) in [5.41, 5.74) is 2.10. The van der Waals surface area contributed by atoms with Gasteiger partial charge in [-0.25, -0.2) is 0 Å². The maximum absolute atomic E-state index is 5.74. The van der Waals surface area contributed by atoms with Gasteiger partial charge in [0.2, 0.25) is 0 Å². The predicted molar refractivity (Wildman–Crippen MR) is 110 cm³/mol. The summed E-state index contributed by atoms with van der Waals surface area (Å²) in [5.74, 6) is 0.897. The number of nitrogens with zero attached hydrogens (tertiary/aromatic N) is 2. The monoisotopic (exact) mass is 378 g/mol. The number of aromatic nitrogens is 1. The van der Waals surface area contributed by atoms with Crippen molar-refractivity contribution in [3.05, 3.63) is 84.6 Å². The zero-order valence-corrected chi connectivity index (χ0v) is 15.7. The molecule has 2 N–H and O–H groups in total. The van der Waals surface area contributed by atoms with E-state index in [0.29, 0.717) is 0 Å². The van der Waals surface area contributed by atoms with Crippen molar-refractivity contribution in [2.75, 3.05) is 18.4 Å². The fourth-order valence-corrected chi connectivity index (χ4v) is 3.78.